The summed E-state index contributed by atoms with van der Waals surface area (Å²) in [6.45, 7) is 9.31. The molecule has 2 aliphatic rings. The van der Waals surface area contributed by atoms with Gasteiger partial charge in [-0.3, -0.25) is 4.79 Å². The minimum atomic E-state index is -0.0631. The minimum absolute atomic E-state index is 0.0631. The van der Waals surface area contributed by atoms with Crippen molar-refractivity contribution in [1.29, 1.82) is 0 Å². The van der Waals surface area contributed by atoms with E-state index in [0.29, 0.717) is 0 Å². The van der Waals surface area contributed by atoms with Gasteiger partial charge >= 0.3 is 0 Å². The molecule has 154 valence electrons. The molecule has 2 aromatic rings. The van der Waals surface area contributed by atoms with Crippen LogP contribution in [0.3, 0.4) is 0 Å². The fraction of sp³-hybridized carbons (Fsp3) is 0.435. The number of morpholine rings is 1. The second-order valence-corrected chi connectivity index (χ2v) is 7.84. The van der Waals surface area contributed by atoms with Crippen LogP contribution in [-0.2, 0) is 9.53 Å². The number of carbonyl (C=O) groups excluding carboxylic acids is 1. The van der Waals surface area contributed by atoms with Crippen LogP contribution in [0.1, 0.15) is 6.92 Å². The summed E-state index contributed by atoms with van der Waals surface area (Å²) in [6, 6.07) is 18.6. The van der Waals surface area contributed by atoms with Gasteiger partial charge in [0.25, 0.3) is 5.91 Å². The molecule has 0 saturated carbocycles. The molecule has 0 radical (unpaired) electrons. The number of nitrogens with zero attached hydrogens (tertiary/aromatic N) is 2. The first kappa shape index (κ1) is 19.7. The maximum atomic E-state index is 12.8. The Labute approximate surface area is 173 Å². The third-order valence-corrected chi connectivity index (χ3v) is 6.04. The predicted octanol–water partition coefficient (Wildman–Crippen LogP) is 1.26. The van der Waals surface area contributed by atoms with Crippen LogP contribution in [0.25, 0.3) is 0 Å². The highest BCUT2D eigenvalue weighted by molar-refractivity contribution is 5.93. The first-order valence-electron chi connectivity index (χ1n) is 10.6. The summed E-state index contributed by atoms with van der Waals surface area (Å²) in [6.07, 6.45) is 0. The van der Waals surface area contributed by atoms with E-state index in [1.165, 1.54) is 16.3 Å². The SMILES string of the molecule is C[C@H](C(=O)Nc1ccc(N2CCOCC2)cc1)[NH+]1CCN(c2ccccc2)CC1. The summed E-state index contributed by atoms with van der Waals surface area (Å²) in [4.78, 5) is 18.8. The molecule has 1 amide bonds. The average Bonchev–Trinajstić information content (AvgIpc) is 2.80. The molecule has 6 heteroatoms. The lowest BCUT2D eigenvalue weighted by Gasteiger charge is -2.36. The zero-order chi connectivity index (χ0) is 20.1. The van der Waals surface area contributed by atoms with E-state index < -0.39 is 0 Å². The zero-order valence-electron chi connectivity index (χ0n) is 17.1. The molecular formula is C23H31N4O2+. The van der Waals surface area contributed by atoms with Crippen molar-refractivity contribution < 1.29 is 14.4 Å². The van der Waals surface area contributed by atoms with Crippen molar-refractivity contribution in [3.8, 4) is 0 Å². The van der Waals surface area contributed by atoms with Gasteiger partial charge in [0.1, 0.15) is 0 Å². The van der Waals surface area contributed by atoms with Crippen LogP contribution in [-0.4, -0.2) is 64.4 Å². The fourth-order valence-electron chi connectivity index (χ4n) is 4.14. The van der Waals surface area contributed by atoms with E-state index in [9.17, 15) is 4.79 Å². The molecule has 2 saturated heterocycles. The van der Waals surface area contributed by atoms with Gasteiger partial charge in [-0.25, -0.2) is 0 Å². The second-order valence-electron chi connectivity index (χ2n) is 7.84. The van der Waals surface area contributed by atoms with Crippen LogP contribution >= 0.6 is 0 Å². The van der Waals surface area contributed by atoms with Crippen molar-refractivity contribution in [2.24, 2.45) is 0 Å². The molecule has 4 rings (SSSR count). The molecule has 2 fully saturated rings. The Kier molecular flexibility index (Phi) is 6.32. The number of hydrogen-bond donors (Lipinski definition) is 2. The number of quaternary nitrogens is 1. The monoisotopic (exact) mass is 395 g/mol. The maximum absolute atomic E-state index is 12.8. The fourth-order valence-corrected chi connectivity index (χ4v) is 4.14. The Balaban J connectivity index is 1.28. The number of ether oxygens (including phenoxy) is 1. The molecule has 0 aromatic heterocycles. The molecule has 2 N–H and O–H groups in total. The van der Waals surface area contributed by atoms with Crippen molar-refractivity contribution in [2.45, 2.75) is 13.0 Å². The van der Waals surface area contributed by atoms with Crippen molar-refractivity contribution in [3.63, 3.8) is 0 Å². The third kappa shape index (κ3) is 4.89. The van der Waals surface area contributed by atoms with Gasteiger partial charge in [-0.2, -0.15) is 0 Å². The van der Waals surface area contributed by atoms with Crippen molar-refractivity contribution in [2.75, 3.05) is 67.6 Å². The van der Waals surface area contributed by atoms with E-state index in [1.807, 2.05) is 25.1 Å². The maximum Gasteiger partial charge on any atom is 0.282 e. The highest BCUT2D eigenvalue weighted by Crippen LogP contribution is 2.19. The summed E-state index contributed by atoms with van der Waals surface area (Å²) < 4.78 is 5.41. The first-order valence-corrected chi connectivity index (χ1v) is 10.6. The first-order chi connectivity index (χ1) is 14.2. The van der Waals surface area contributed by atoms with Gasteiger partial charge in [-0.1, -0.05) is 18.2 Å². The van der Waals surface area contributed by atoms with Crippen LogP contribution in [0.2, 0.25) is 0 Å². The number of piperazine rings is 1. The zero-order valence-corrected chi connectivity index (χ0v) is 17.1. The number of rotatable bonds is 5. The smallest absolute Gasteiger partial charge is 0.282 e. The molecule has 1 atom stereocenters. The molecule has 2 heterocycles. The number of para-hydroxylation sites is 1. The van der Waals surface area contributed by atoms with Crippen LogP contribution in [0, 0.1) is 0 Å². The number of benzene rings is 2. The molecular weight excluding hydrogens is 364 g/mol. The van der Waals surface area contributed by atoms with E-state index in [1.54, 1.807) is 0 Å². The average molecular weight is 396 g/mol. The van der Waals surface area contributed by atoms with Gasteiger partial charge in [0, 0.05) is 30.2 Å². The van der Waals surface area contributed by atoms with Crippen LogP contribution < -0.4 is 20.0 Å². The van der Waals surface area contributed by atoms with Gasteiger partial charge in [-0.05, 0) is 43.3 Å². The molecule has 2 aromatic carbocycles. The summed E-state index contributed by atoms with van der Waals surface area (Å²) >= 11 is 0. The van der Waals surface area contributed by atoms with Crippen LogP contribution in [0.4, 0.5) is 17.1 Å². The Morgan fingerprint density at radius 3 is 2.14 bits per heavy atom. The van der Waals surface area contributed by atoms with Gasteiger partial charge < -0.3 is 24.8 Å². The number of nitrogens with one attached hydrogen (secondary N) is 2. The topological polar surface area (TPSA) is 49.3 Å². The van der Waals surface area contributed by atoms with E-state index >= 15 is 0 Å². The highest BCUT2D eigenvalue weighted by Gasteiger charge is 2.29. The third-order valence-electron chi connectivity index (χ3n) is 6.04. The van der Waals surface area contributed by atoms with Gasteiger partial charge in [0.05, 0.1) is 39.4 Å². The Hall–Kier alpha value is -2.57. The van der Waals surface area contributed by atoms with Crippen LogP contribution in [0.15, 0.2) is 54.6 Å². The van der Waals surface area contributed by atoms with E-state index in [0.717, 1.165) is 58.2 Å². The molecule has 2 aliphatic heterocycles. The number of anilines is 3. The quantitative estimate of drug-likeness (QED) is 0.800. The second kappa shape index (κ2) is 9.29. The molecule has 29 heavy (non-hydrogen) atoms. The minimum Gasteiger partial charge on any atom is -0.378 e. The van der Waals surface area contributed by atoms with E-state index in [2.05, 4.69) is 51.5 Å². The normalized spacial score (nSPS) is 19.1. The van der Waals surface area contributed by atoms with Crippen molar-refractivity contribution in [1.82, 2.24) is 0 Å². The van der Waals surface area contributed by atoms with E-state index in [4.69, 9.17) is 4.74 Å². The molecule has 0 aliphatic carbocycles. The number of hydrogen-bond acceptors (Lipinski definition) is 4. The van der Waals surface area contributed by atoms with Gasteiger partial charge in [-0.15, -0.1) is 0 Å². The van der Waals surface area contributed by atoms with Gasteiger partial charge in [0.2, 0.25) is 0 Å². The largest absolute Gasteiger partial charge is 0.378 e. The molecule has 0 unspecified atom stereocenters. The Bertz CT molecular complexity index is 782. The lowest BCUT2D eigenvalue weighted by molar-refractivity contribution is -0.914. The summed E-state index contributed by atoms with van der Waals surface area (Å²) in [5.41, 5.74) is 3.31. The summed E-state index contributed by atoms with van der Waals surface area (Å²) in [5.74, 6) is 0.0901. The Morgan fingerprint density at radius 2 is 1.48 bits per heavy atom. The predicted molar refractivity (Wildman–Crippen MR) is 117 cm³/mol. The van der Waals surface area contributed by atoms with Crippen LogP contribution in [0.5, 0.6) is 0 Å². The van der Waals surface area contributed by atoms with Gasteiger partial charge in [0.15, 0.2) is 6.04 Å². The molecule has 0 spiro atoms. The summed E-state index contributed by atoms with van der Waals surface area (Å²) in [5, 5.41) is 3.10. The molecule has 0 bridgehead atoms. The lowest BCUT2D eigenvalue weighted by Crippen LogP contribution is -3.19. The highest BCUT2D eigenvalue weighted by atomic mass is 16.5. The summed E-state index contributed by atoms with van der Waals surface area (Å²) in [7, 11) is 0. The van der Waals surface area contributed by atoms with Crippen molar-refractivity contribution >= 4 is 23.0 Å². The Morgan fingerprint density at radius 1 is 0.897 bits per heavy atom. The lowest BCUT2D eigenvalue weighted by atomic mass is 10.2. The number of carbonyl (C=O) groups is 1. The molecule has 6 nitrogen and oxygen atoms in total. The standard InChI is InChI=1S/C23H30N4O2/c1-19(25-11-13-26(14-12-25)21-5-3-2-4-6-21)23(28)24-20-7-9-22(10-8-20)27-15-17-29-18-16-27/h2-10,19H,11-18H2,1H3,(H,24,28)/p+1/t19-/m1/s1. The number of amides is 1. The van der Waals surface area contributed by atoms with Crippen molar-refractivity contribution in [3.05, 3.63) is 54.6 Å². The van der Waals surface area contributed by atoms with E-state index in [-0.39, 0.29) is 11.9 Å².